The zero-order valence-electron chi connectivity index (χ0n) is 11.6. The summed E-state index contributed by atoms with van der Waals surface area (Å²) in [7, 11) is 0. The van der Waals surface area contributed by atoms with Crippen LogP contribution in [0.4, 0.5) is 8.78 Å². The van der Waals surface area contributed by atoms with Crippen LogP contribution in [0.2, 0.25) is 0 Å². The van der Waals surface area contributed by atoms with Crippen molar-refractivity contribution in [2.24, 2.45) is 5.73 Å². The van der Waals surface area contributed by atoms with Crippen molar-refractivity contribution in [2.45, 2.75) is 25.7 Å². The fraction of sp³-hybridized carbons (Fsp3) is 0.294. The Kier molecular flexibility index (Phi) is 4.85. The molecule has 0 amide bonds. The molecule has 0 spiro atoms. The van der Waals surface area contributed by atoms with E-state index in [0.717, 1.165) is 30.0 Å². The Balaban J connectivity index is 2.16. The third-order valence-electron chi connectivity index (χ3n) is 3.61. The van der Waals surface area contributed by atoms with Gasteiger partial charge in [-0.3, -0.25) is 0 Å². The van der Waals surface area contributed by atoms with Gasteiger partial charge in [0.05, 0.1) is 0 Å². The molecular formula is C17H19F2N. The van der Waals surface area contributed by atoms with Crippen molar-refractivity contribution < 1.29 is 8.78 Å². The molecule has 0 aliphatic heterocycles. The molecule has 0 aromatic heterocycles. The molecule has 106 valence electrons. The first kappa shape index (κ1) is 14.7. The highest BCUT2D eigenvalue weighted by molar-refractivity contribution is 5.28. The molecule has 0 aliphatic rings. The third kappa shape index (κ3) is 3.42. The number of nitrogens with two attached hydrogens (primary N) is 1. The average Bonchev–Trinajstić information content (AvgIpc) is 2.48. The van der Waals surface area contributed by atoms with Crippen LogP contribution >= 0.6 is 0 Å². The molecule has 1 nitrogen and oxygen atoms in total. The molecule has 0 radical (unpaired) electrons. The van der Waals surface area contributed by atoms with Gasteiger partial charge in [0.15, 0.2) is 11.6 Å². The lowest BCUT2D eigenvalue weighted by atomic mass is 9.91. The first-order valence-electron chi connectivity index (χ1n) is 6.86. The van der Waals surface area contributed by atoms with Gasteiger partial charge < -0.3 is 5.73 Å². The van der Waals surface area contributed by atoms with Crippen LogP contribution in [0.3, 0.4) is 0 Å². The maximum Gasteiger partial charge on any atom is 0.159 e. The predicted molar refractivity (Wildman–Crippen MR) is 77.7 cm³/mol. The van der Waals surface area contributed by atoms with Crippen molar-refractivity contribution in [2.75, 3.05) is 6.54 Å². The molecule has 2 aromatic carbocycles. The average molecular weight is 275 g/mol. The summed E-state index contributed by atoms with van der Waals surface area (Å²) in [5.74, 6) is -1.64. The van der Waals surface area contributed by atoms with E-state index in [0.29, 0.717) is 6.54 Å². The van der Waals surface area contributed by atoms with E-state index in [1.54, 1.807) is 6.07 Å². The Morgan fingerprint density at radius 2 is 1.60 bits per heavy atom. The van der Waals surface area contributed by atoms with Gasteiger partial charge in [-0.25, -0.2) is 8.78 Å². The van der Waals surface area contributed by atoms with Gasteiger partial charge in [0.2, 0.25) is 0 Å². The van der Waals surface area contributed by atoms with Gasteiger partial charge in [-0.1, -0.05) is 37.3 Å². The molecule has 0 saturated carbocycles. The van der Waals surface area contributed by atoms with E-state index in [9.17, 15) is 8.78 Å². The summed E-state index contributed by atoms with van der Waals surface area (Å²) in [6.45, 7) is 2.51. The van der Waals surface area contributed by atoms with Crippen molar-refractivity contribution in [3.63, 3.8) is 0 Å². The monoisotopic (exact) mass is 275 g/mol. The maximum absolute atomic E-state index is 13.3. The quantitative estimate of drug-likeness (QED) is 0.882. The Morgan fingerprint density at radius 3 is 2.15 bits per heavy atom. The summed E-state index contributed by atoms with van der Waals surface area (Å²) in [6.07, 6.45) is 1.73. The van der Waals surface area contributed by atoms with Gasteiger partial charge in [-0.15, -0.1) is 0 Å². The second kappa shape index (κ2) is 6.62. The molecule has 2 aromatic rings. The van der Waals surface area contributed by atoms with E-state index in [-0.39, 0.29) is 5.92 Å². The van der Waals surface area contributed by atoms with Gasteiger partial charge in [0, 0.05) is 5.92 Å². The third-order valence-corrected chi connectivity index (χ3v) is 3.61. The second-order valence-electron chi connectivity index (χ2n) is 4.98. The Labute approximate surface area is 118 Å². The molecule has 2 N–H and O–H groups in total. The standard InChI is InChI=1S/C17H19F2N/c1-2-12-3-5-13(6-4-12)9-15(11-20)14-7-8-16(18)17(19)10-14/h3-8,10,15H,2,9,11,20H2,1H3. The topological polar surface area (TPSA) is 26.0 Å². The molecule has 0 saturated heterocycles. The van der Waals surface area contributed by atoms with Crippen LogP contribution in [0.1, 0.15) is 29.5 Å². The van der Waals surface area contributed by atoms with E-state index >= 15 is 0 Å². The van der Waals surface area contributed by atoms with Crippen LogP contribution < -0.4 is 5.73 Å². The van der Waals surface area contributed by atoms with Crippen LogP contribution in [0.15, 0.2) is 42.5 Å². The molecule has 3 heteroatoms. The largest absolute Gasteiger partial charge is 0.330 e. The minimum atomic E-state index is -0.822. The molecular weight excluding hydrogens is 256 g/mol. The molecule has 0 heterocycles. The summed E-state index contributed by atoms with van der Waals surface area (Å²) in [6, 6.07) is 12.3. The van der Waals surface area contributed by atoms with Crippen LogP contribution in [0, 0.1) is 11.6 Å². The van der Waals surface area contributed by atoms with Crippen molar-refractivity contribution in [3.05, 3.63) is 70.8 Å². The summed E-state index contributed by atoms with van der Waals surface area (Å²) < 4.78 is 26.3. The number of benzene rings is 2. The van der Waals surface area contributed by atoms with Crippen LogP contribution in [0.5, 0.6) is 0 Å². The normalized spacial score (nSPS) is 12.4. The lowest BCUT2D eigenvalue weighted by molar-refractivity contribution is 0.505. The second-order valence-corrected chi connectivity index (χ2v) is 4.98. The summed E-state index contributed by atoms with van der Waals surface area (Å²) in [4.78, 5) is 0. The van der Waals surface area contributed by atoms with E-state index in [1.165, 1.54) is 11.6 Å². The van der Waals surface area contributed by atoms with Gasteiger partial charge >= 0.3 is 0 Å². The maximum atomic E-state index is 13.3. The van der Waals surface area contributed by atoms with E-state index < -0.39 is 11.6 Å². The highest BCUT2D eigenvalue weighted by Gasteiger charge is 2.13. The summed E-state index contributed by atoms with van der Waals surface area (Å²) >= 11 is 0. The first-order valence-corrected chi connectivity index (χ1v) is 6.86. The minimum Gasteiger partial charge on any atom is -0.330 e. The highest BCUT2D eigenvalue weighted by Crippen LogP contribution is 2.22. The Morgan fingerprint density at radius 1 is 0.950 bits per heavy atom. The van der Waals surface area contributed by atoms with E-state index in [4.69, 9.17) is 5.73 Å². The summed E-state index contributed by atoms with van der Waals surface area (Å²) in [5, 5.41) is 0. The predicted octanol–water partition coefficient (Wildman–Crippen LogP) is 3.81. The zero-order valence-corrected chi connectivity index (χ0v) is 11.6. The molecule has 0 aliphatic carbocycles. The number of halogens is 2. The number of aryl methyl sites for hydroxylation is 1. The molecule has 1 atom stereocenters. The molecule has 0 bridgehead atoms. The Bertz CT molecular complexity index is 564. The zero-order chi connectivity index (χ0) is 14.5. The molecule has 1 unspecified atom stereocenters. The first-order chi connectivity index (χ1) is 9.63. The van der Waals surface area contributed by atoms with Crippen molar-refractivity contribution in [3.8, 4) is 0 Å². The van der Waals surface area contributed by atoms with Crippen LogP contribution in [-0.4, -0.2) is 6.54 Å². The Hall–Kier alpha value is -1.74. The van der Waals surface area contributed by atoms with E-state index in [2.05, 4.69) is 31.2 Å². The fourth-order valence-corrected chi connectivity index (χ4v) is 2.30. The number of rotatable bonds is 5. The SMILES string of the molecule is CCc1ccc(CC(CN)c2ccc(F)c(F)c2)cc1. The molecule has 2 rings (SSSR count). The van der Waals surface area contributed by atoms with Crippen molar-refractivity contribution in [1.82, 2.24) is 0 Å². The summed E-state index contributed by atoms with van der Waals surface area (Å²) in [5.41, 5.74) is 8.96. The number of hydrogen-bond acceptors (Lipinski definition) is 1. The smallest absolute Gasteiger partial charge is 0.159 e. The van der Waals surface area contributed by atoms with Gasteiger partial charge in [-0.05, 0) is 48.2 Å². The van der Waals surface area contributed by atoms with Gasteiger partial charge in [0.1, 0.15) is 0 Å². The lowest BCUT2D eigenvalue weighted by Crippen LogP contribution is -2.15. The van der Waals surface area contributed by atoms with Gasteiger partial charge in [-0.2, -0.15) is 0 Å². The van der Waals surface area contributed by atoms with Gasteiger partial charge in [0.25, 0.3) is 0 Å². The number of hydrogen-bond donors (Lipinski definition) is 1. The molecule has 20 heavy (non-hydrogen) atoms. The lowest BCUT2D eigenvalue weighted by Gasteiger charge is -2.16. The van der Waals surface area contributed by atoms with Crippen molar-refractivity contribution >= 4 is 0 Å². The van der Waals surface area contributed by atoms with Crippen LogP contribution in [0.25, 0.3) is 0 Å². The van der Waals surface area contributed by atoms with Crippen LogP contribution in [-0.2, 0) is 12.8 Å². The fourth-order valence-electron chi connectivity index (χ4n) is 2.30. The highest BCUT2D eigenvalue weighted by atomic mass is 19.2. The van der Waals surface area contributed by atoms with E-state index in [1.807, 2.05) is 0 Å². The molecule has 0 fully saturated rings. The van der Waals surface area contributed by atoms with Crippen molar-refractivity contribution in [1.29, 1.82) is 0 Å². The minimum absolute atomic E-state index is 0.00224.